The normalized spacial score (nSPS) is 10.7. The lowest BCUT2D eigenvalue weighted by Crippen LogP contribution is -1.96. The molecule has 100 valence electrons. The van der Waals surface area contributed by atoms with Gasteiger partial charge in [-0.2, -0.15) is 10.2 Å². The maximum atomic E-state index is 9.10. The highest BCUT2D eigenvalue weighted by molar-refractivity contribution is 5.84. The van der Waals surface area contributed by atoms with Crippen LogP contribution in [0.3, 0.4) is 0 Å². The van der Waals surface area contributed by atoms with E-state index in [0.29, 0.717) is 12.2 Å². The van der Waals surface area contributed by atoms with Crippen molar-refractivity contribution in [1.82, 2.24) is 10.2 Å². The van der Waals surface area contributed by atoms with Gasteiger partial charge in [-0.25, -0.2) is 0 Å². The van der Waals surface area contributed by atoms with Gasteiger partial charge in [0.1, 0.15) is 5.75 Å². The third-order valence-electron chi connectivity index (χ3n) is 3.08. The van der Waals surface area contributed by atoms with Crippen LogP contribution in [-0.2, 0) is 6.42 Å². The fourth-order valence-corrected chi connectivity index (χ4v) is 2.11. The second-order valence-electron chi connectivity index (χ2n) is 4.41. The van der Waals surface area contributed by atoms with Gasteiger partial charge in [0, 0.05) is 12.0 Å². The van der Waals surface area contributed by atoms with Crippen LogP contribution in [0.5, 0.6) is 11.5 Å². The van der Waals surface area contributed by atoms with Gasteiger partial charge in [0.05, 0.1) is 11.7 Å². The van der Waals surface area contributed by atoms with E-state index in [0.717, 1.165) is 22.2 Å². The minimum Gasteiger partial charge on any atom is -0.455 e. The Bertz CT molecular complexity index is 723. The van der Waals surface area contributed by atoms with Crippen molar-refractivity contribution in [1.29, 1.82) is 0 Å². The van der Waals surface area contributed by atoms with Crippen molar-refractivity contribution in [3.8, 4) is 11.5 Å². The summed E-state index contributed by atoms with van der Waals surface area (Å²) < 4.78 is 5.96. The number of ether oxygens (including phenoxy) is 1. The molecule has 0 amide bonds. The fourth-order valence-electron chi connectivity index (χ4n) is 2.11. The molecule has 3 aromatic rings. The number of nitrogens with zero attached hydrogens (tertiary/aromatic N) is 2. The Morgan fingerprint density at radius 2 is 1.75 bits per heavy atom. The van der Waals surface area contributed by atoms with E-state index in [1.165, 1.54) is 0 Å². The number of hydrogen-bond acceptors (Lipinski definition) is 4. The number of aliphatic hydroxyl groups is 1. The van der Waals surface area contributed by atoms with Gasteiger partial charge in [0.25, 0.3) is 0 Å². The molecule has 0 bridgehead atoms. The zero-order chi connectivity index (χ0) is 13.8. The first-order chi connectivity index (χ1) is 9.88. The third-order valence-corrected chi connectivity index (χ3v) is 3.08. The molecule has 0 fully saturated rings. The SMILES string of the molecule is OCCc1ccccc1Oc1cnnc2ccccc12. The van der Waals surface area contributed by atoms with Gasteiger partial charge < -0.3 is 9.84 Å². The van der Waals surface area contributed by atoms with E-state index in [2.05, 4.69) is 10.2 Å². The van der Waals surface area contributed by atoms with Crippen LogP contribution in [0.4, 0.5) is 0 Å². The molecule has 1 aromatic heterocycles. The zero-order valence-corrected chi connectivity index (χ0v) is 10.9. The quantitative estimate of drug-likeness (QED) is 0.788. The summed E-state index contributed by atoms with van der Waals surface area (Å²) in [5, 5.41) is 18.1. The van der Waals surface area contributed by atoms with Gasteiger partial charge in [-0.15, -0.1) is 0 Å². The van der Waals surface area contributed by atoms with Crippen LogP contribution >= 0.6 is 0 Å². The minimum absolute atomic E-state index is 0.0930. The molecule has 3 rings (SSSR count). The molecule has 4 nitrogen and oxygen atoms in total. The summed E-state index contributed by atoms with van der Waals surface area (Å²) in [6.45, 7) is 0.0930. The minimum atomic E-state index is 0.0930. The van der Waals surface area contributed by atoms with E-state index < -0.39 is 0 Å². The highest BCUT2D eigenvalue weighted by Gasteiger charge is 2.08. The van der Waals surface area contributed by atoms with Gasteiger partial charge in [-0.3, -0.25) is 0 Å². The smallest absolute Gasteiger partial charge is 0.157 e. The first-order valence-electron chi connectivity index (χ1n) is 6.45. The number of benzene rings is 2. The van der Waals surface area contributed by atoms with Crippen LogP contribution in [0.15, 0.2) is 54.7 Å². The molecule has 20 heavy (non-hydrogen) atoms. The third kappa shape index (κ3) is 2.46. The number of para-hydroxylation sites is 1. The molecule has 0 unspecified atom stereocenters. The van der Waals surface area contributed by atoms with Crippen LogP contribution < -0.4 is 4.74 Å². The summed E-state index contributed by atoms with van der Waals surface area (Å²) in [4.78, 5) is 0. The zero-order valence-electron chi connectivity index (χ0n) is 10.9. The molecule has 1 N–H and O–H groups in total. The van der Waals surface area contributed by atoms with Crippen molar-refractivity contribution < 1.29 is 9.84 Å². The van der Waals surface area contributed by atoms with Crippen molar-refractivity contribution in [3.05, 3.63) is 60.3 Å². The highest BCUT2D eigenvalue weighted by atomic mass is 16.5. The maximum Gasteiger partial charge on any atom is 0.157 e. The second-order valence-corrected chi connectivity index (χ2v) is 4.41. The van der Waals surface area contributed by atoms with Gasteiger partial charge in [0.2, 0.25) is 0 Å². The molecule has 0 aliphatic carbocycles. The number of fused-ring (bicyclic) bond motifs is 1. The van der Waals surface area contributed by atoms with Crippen LogP contribution in [0.1, 0.15) is 5.56 Å². The first kappa shape index (κ1) is 12.6. The summed E-state index contributed by atoms with van der Waals surface area (Å²) in [6, 6.07) is 15.4. The Balaban J connectivity index is 2.01. The number of aromatic nitrogens is 2. The highest BCUT2D eigenvalue weighted by Crippen LogP contribution is 2.29. The van der Waals surface area contributed by atoms with Gasteiger partial charge in [0.15, 0.2) is 5.75 Å². The Labute approximate surface area is 116 Å². The molecule has 0 spiro atoms. The van der Waals surface area contributed by atoms with Gasteiger partial charge in [-0.05, 0) is 30.2 Å². The van der Waals surface area contributed by atoms with Crippen LogP contribution in [0, 0.1) is 0 Å². The molecule has 0 radical (unpaired) electrons. The molecule has 0 saturated carbocycles. The standard InChI is InChI=1S/C16H14N2O2/c19-10-9-12-5-1-4-8-15(12)20-16-11-17-18-14-7-3-2-6-13(14)16/h1-8,11,19H,9-10H2. The lowest BCUT2D eigenvalue weighted by molar-refractivity contribution is 0.298. The monoisotopic (exact) mass is 266 g/mol. The summed E-state index contributed by atoms with van der Waals surface area (Å²) in [5.41, 5.74) is 1.76. The molecule has 2 aromatic carbocycles. The van der Waals surface area contributed by atoms with Crippen LogP contribution in [0.2, 0.25) is 0 Å². The Morgan fingerprint density at radius 3 is 2.65 bits per heavy atom. The molecule has 0 aliphatic rings. The van der Waals surface area contributed by atoms with E-state index in [4.69, 9.17) is 9.84 Å². The molecular weight excluding hydrogens is 252 g/mol. The van der Waals surface area contributed by atoms with E-state index >= 15 is 0 Å². The summed E-state index contributed by atoms with van der Waals surface area (Å²) in [5.74, 6) is 1.40. The largest absolute Gasteiger partial charge is 0.455 e. The maximum absolute atomic E-state index is 9.10. The predicted molar refractivity (Wildman–Crippen MR) is 76.8 cm³/mol. The van der Waals surface area contributed by atoms with E-state index in [1.54, 1.807) is 6.20 Å². The second kappa shape index (κ2) is 5.67. The molecular formula is C16H14N2O2. The summed E-state index contributed by atoms with van der Waals surface area (Å²) >= 11 is 0. The van der Waals surface area contributed by atoms with E-state index in [1.807, 2.05) is 48.5 Å². The van der Waals surface area contributed by atoms with Crippen LogP contribution in [-0.4, -0.2) is 21.9 Å². The number of rotatable bonds is 4. The topological polar surface area (TPSA) is 55.2 Å². The Morgan fingerprint density at radius 1 is 0.950 bits per heavy atom. The Hall–Kier alpha value is -2.46. The van der Waals surface area contributed by atoms with E-state index in [-0.39, 0.29) is 6.61 Å². The average Bonchev–Trinajstić information content (AvgIpc) is 2.50. The lowest BCUT2D eigenvalue weighted by Gasteiger charge is -2.11. The Kier molecular flexibility index (Phi) is 3.56. The number of hydrogen-bond donors (Lipinski definition) is 1. The number of aliphatic hydroxyl groups excluding tert-OH is 1. The first-order valence-corrected chi connectivity index (χ1v) is 6.45. The van der Waals surface area contributed by atoms with Crippen LogP contribution in [0.25, 0.3) is 10.9 Å². The summed E-state index contributed by atoms with van der Waals surface area (Å²) in [6.07, 6.45) is 2.17. The molecule has 4 heteroatoms. The predicted octanol–water partition coefficient (Wildman–Crippen LogP) is 2.96. The van der Waals surface area contributed by atoms with Crippen molar-refractivity contribution in [2.45, 2.75) is 6.42 Å². The lowest BCUT2D eigenvalue weighted by atomic mass is 10.1. The fraction of sp³-hybridized carbons (Fsp3) is 0.125. The van der Waals surface area contributed by atoms with Gasteiger partial charge >= 0.3 is 0 Å². The van der Waals surface area contributed by atoms with E-state index in [9.17, 15) is 0 Å². The molecule has 0 atom stereocenters. The summed E-state index contributed by atoms with van der Waals surface area (Å²) in [7, 11) is 0. The van der Waals surface area contributed by atoms with Crippen molar-refractivity contribution in [2.24, 2.45) is 0 Å². The van der Waals surface area contributed by atoms with Crippen molar-refractivity contribution in [3.63, 3.8) is 0 Å². The molecule has 0 aliphatic heterocycles. The van der Waals surface area contributed by atoms with Crippen molar-refractivity contribution >= 4 is 10.9 Å². The van der Waals surface area contributed by atoms with Crippen molar-refractivity contribution in [2.75, 3.05) is 6.61 Å². The van der Waals surface area contributed by atoms with Gasteiger partial charge in [-0.1, -0.05) is 30.3 Å². The molecule has 1 heterocycles. The molecule has 0 saturated heterocycles. The average molecular weight is 266 g/mol.